The van der Waals surface area contributed by atoms with Gasteiger partial charge in [-0.25, -0.2) is 4.98 Å². The summed E-state index contributed by atoms with van der Waals surface area (Å²) in [4.78, 5) is 7.91. The van der Waals surface area contributed by atoms with Gasteiger partial charge in [-0.1, -0.05) is 0 Å². The standard InChI is InChI=1S/C10H19N3S/c1-7(11)5-6-9-8(2)12-10(14-9)13(3)4/h7H,5-6,11H2,1-4H3. The Bertz CT molecular complexity index is 292. The molecule has 0 saturated carbocycles. The van der Waals surface area contributed by atoms with Crippen LogP contribution in [0.1, 0.15) is 23.9 Å². The van der Waals surface area contributed by atoms with E-state index in [1.165, 1.54) is 4.88 Å². The van der Waals surface area contributed by atoms with E-state index >= 15 is 0 Å². The van der Waals surface area contributed by atoms with Gasteiger partial charge in [0, 0.05) is 25.0 Å². The van der Waals surface area contributed by atoms with Crippen molar-refractivity contribution in [2.45, 2.75) is 32.7 Å². The number of hydrogen-bond donors (Lipinski definition) is 1. The minimum atomic E-state index is 0.277. The molecule has 4 heteroatoms. The number of nitrogens with two attached hydrogens (primary N) is 1. The molecule has 1 aromatic rings. The summed E-state index contributed by atoms with van der Waals surface area (Å²) in [6.07, 6.45) is 2.09. The van der Waals surface area contributed by atoms with Crippen molar-refractivity contribution in [1.29, 1.82) is 0 Å². The summed E-state index contributed by atoms with van der Waals surface area (Å²) in [5.41, 5.74) is 6.88. The van der Waals surface area contributed by atoms with Crippen molar-refractivity contribution in [1.82, 2.24) is 4.98 Å². The van der Waals surface area contributed by atoms with Gasteiger partial charge >= 0.3 is 0 Å². The fourth-order valence-electron chi connectivity index (χ4n) is 1.19. The summed E-state index contributed by atoms with van der Waals surface area (Å²) in [5.74, 6) is 0. The number of hydrogen-bond acceptors (Lipinski definition) is 4. The Kier molecular flexibility index (Phi) is 3.89. The summed E-state index contributed by atoms with van der Waals surface area (Å²) in [6.45, 7) is 4.11. The molecule has 0 bridgehead atoms. The molecule has 0 aliphatic rings. The van der Waals surface area contributed by atoms with E-state index in [-0.39, 0.29) is 6.04 Å². The SMILES string of the molecule is Cc1nc(N(C)C)sc1CCC(C)N. The zero-order valence-corrected chi connectivity index (χ0v) is 10.2. The average molecular weight is 213 g/mol. The molecule has 0 fully saturated rings. The van der Waals surface area contributed by atoms with E-state index in [2.05, 4.69) is 11.9 Å². The second-order valence-corrected chi connectivity index (χ2v) is 4.98. The number of anilines is 1. The Hall–Kier alpha value is -0.610. The van der Waals surface area contributed by atoms with Gasteiger partial charge in [0.15, 0.2) is 5.13 Å². The van der Waals surface area contributed by atoms with Gasteiger partial charge in [0.25, 0.3) is 0 Å². The maximum Gasteiger partial charge on any atom is 0.185 e. The van der Waals surface area contributed by atoms with Gasteiger partial charge < -0.3 is 10.6 Å². The third kappa shape index (κ3) is 2.96. The number of aromatic nitrogens is 1. The summed E-state index contributed by atoms with van der Waals surface area (Å²) >= 11 is 1.77. The molecule has 0 radical (unpaired) electrons. The van der Waals surface area contributed by atoms with Crippen LogP contribution in [0.5, 0.6) is 0 Å². The van der Waals surface area contributed by atoms with Crippen molar-refractivity contribution in [2.75, 3.05) is 19.0 Å². The molecule has 14 heavy (non-hydrogen) atoms. The van der Waals surface area contributed by atoms with E-state index in [1.807, 2.05) is 25.9 Å². The molecule has 0 aromatic carbocycles. The summed E-state index contributed by atoms with van der Waals surface area (Å²) in [5, 5.41) is 1.09. The molecule has 0 spiro atoms. The highest BCUT2D eigenvalue weighted by atomic mass is 32.1. The smallest absolute Gasteiger partial charge is 0.185 e. The first-order valence-corrected chi connectivity index (χ1v) is 5.71. The summed E-state index contributed by atoms with van der Waals surface area (Å²) < 4.78 is 0. The first kappa shape index (κ1) is 11.5. The van der Waals surface area contributed by atoms with Crippen LogP contribution < -0.4 is 10.6 Å². The molecule has 3 nitrogen and oxygen atoms in total. The van der Waals surface area contributed by atoms with Gasteiger partial charge in [0.2, 0.25) is 0 Å². The van der Waals surface area contributed by atoms with Crippen molar-refractivity contribution in [3.8, 4) is 0 Å². The van der Waals surface area contributed by atoms with Crippen molar-refractivity contribution < 1.29 is 0 Å². The lowest BCUT2D eigenvalue weighted by molar-refractivity contribution is 0.668. The average Bonchev–Trinajstić information content (AvgIpc) is 2.43. The van der Waals surface area contributed by atoms with E-state index in [9.17, 15) is 0 Å². The molecule has 0 aliphatic carbocycles. The summed E-state index contributed by atoms with van der Waals surface area (Å²) in [6, 6.07) is 0.277. The Balaban J connectivity index is 2.67. The minimum absolute atomic E-state index is 0.277. The van der Waals surface area contributed by atoms with Crippen molar-refractivity contribution in [3.63, 3.8) is 0 Å². The van der Waals surface area contributed by atoms with Gasteiger partial charge in [-0.3, -0.25) is 0 Å². The lowest BCUT2D eigenvalue weighted by Gasteiger charge is -2.05. The molecular formula is C10H19N3S. The van der Waals surface area contributed by atoms with Crippen molar-refractivity contribution >= 4 is 16.5 Å². The molecule has 0 aliphatic heterocycles. The number of rotatable bonds is 4. The number of nitrogens with zero attached hydrogens (tertiary/aromatic N) is 2. The van der Waals surface area contributed by atoms with E-state index in [0.29, 0.717) is 0 Å². The van der Waals surface area contributed by atoms with Crippen LogP contribution >= 0.6 is 11.3 Å². The lowest BCUT2D eigenvalue weighted by Crippen LogP contribution is -2.15. The number of aryl methyl sites for hydroxylation is 2. The van der Waals surface area contributed by atoms with Gasteiger partial charge in [-0.15, -0.1) is 11.3 Å². The van der Waals surface area contributed by atoms with Gasteiger partial charge in [0.1, 0.15) is 0 Å². The zero-order valence-electron chi connectivity index (χ0n) is 9.37. The highest BCUT2D eigenvalue weighted by Gasteiger charge is 2.09. The van der Waals surface area contributed by atoms with Crippen LogP contribution in [0.2, 0.25) is 0 Å². The second-order valence-electron chi connectivity index (χ2n) is 3.92. The molecule has 1 unspecified atom stereocenters. The molecule has 1 rings (SSSR count). The fraction of sp³-hybridized carbons (Fsp3) is 0.700. The topological polar surface area (TPSA) is 42.2 Å². The molecular weight excluding hydrogens is 194 g/mol. The molecule has 0 amide bonds. The normalized spacial score (nSPS) is 12.9. The van der Waals surface area contributed by atoms with Crippen LogP contribution in [-0.4, -0.2) is 25.1 Å². The molecule has 80 valence electrons. The molecule has 1 heterocycles. The van der Waals surface area contributed by atoms with Gasteiger partial charge in [-0.05, 0) is 26.7 Å². The Morgan fingerprint density at radius 2 is 2.14 bits per heavy atom. The predicted molar refractivity (Wildman–Crippen MR) is 63.1 cm³/mol. The third-order valence-electron chi connectivity index (χ3n) is 2.09. The van der Waals surface area contributed by atoms with Crippen LogP contribution in [-0.2, 0) is 6.42 Å². The molecule has 1 atom stereocenters. The van der Waals surface area contributed by atoms with E-state index < -0.39 is 0 Å². The Morgan fingerprint density at radius 3 is 2.57 bits per heavy atom. The highest BCUT2D eigenvalue weighted by molar-refractivity contribution is 7.15. The van der Waals surface area contributed by atoms with Crippen LogP contribution in [0.3, 0.4) is 0 Å². The van der Waals surface area contributed by atoms with Crippen LogP contribution in [0.25, 0.3) is 0 Å². The van der Waals surface area contributed by atoms with Gasteiger partial charge in [-0.2, -0.15) is 0 Å². The fourth-order valence-corrected chi connectivity index (χ4v) is 2.19. The Labute approximate surface area is 89.9 Å². The highest BCUT2D eigenvalue weighted by Crippen LogP contribution is 2.25. The largest absolute Gasteiger partial charge is 0.354 e. The van der Waals surface area contributed by atoms with Crippen molar-refractivity contribution in [3.05, 3.63) is 10.6 Å². The van der Waals surface area contributed by atoms with Crippen LogP contribution in [0, 0.1) is 6.92 Å². The first-order valence-electron chi connectivity index (χ1n) is 4.90. The van der Waals surface area contributed by atoms with E-state index in [4.69, 9.17) is 5.73 Å². The first-order chi connectivity index (χ1) is 6.50. The quantitative estimate of drug-likeness (QED) is 0.829. The zero-order chi connectivity index (χ0) is 10.7. The second kappa shape index (κ2) is 4.75. The number of thiazole rings is 1. The van der Waals surface area contributed by atoms with Crippen LogP contribution in [0.4, 0.5) is 5.13 Å². The molecule has 2 N–H and O–H groups in total. The predicted octanol–water partition coefficient (Wildman–Crippen LogP) is 1.80. The van der Waals surface area contributed by atoms with E-state index in [0.717, 1.165) is 23.7 Å². The van der Waals surface area contributed by atoms with Crippen molar-refractivity contribution in [2.24, 2.45) is 5.73 Å². The molecule has 1 aromatic heterocycles. The lowest BCUT2D eigenvalue weighted by atomic mass is 10.1. The maximum atomic E-state index is 5.73. The third-order valence-corrected chi connectivity index (χ3v) is 3.48. The summed E-state index contributed by atoms with van der Waals surface area (Å²) in [7, 11) is 4.04. The minimum Gasteiger partial charge on any atom is -0.354 e. The van der Waals surface area contributed by atoms with E-state index in [1.54, 1.807) is 11.3 Å². The maximum absolute atomic E-state index is 5.73. The molecule has 0 saturated heterocycles. The Morgan fingerprint density at radius 1 is 1.50 bits per heavy atom. The van der Waals surface area contributed by atoms with Crippen LogP contribution in [0.15, 0.2) is 0 Å². The van der Waals surface area contributed by atoms with Gasteiger partial charge in [0.05, 0.1) is 5.69 Å². The monoisotopic (exact) mass is 213 g/mol.